The summed E-state index contributed by atoms with van der Waals surface area (Å²) < 4.78 is 2.13. The average molecular weight is 175 g/mol. The van der Waals surface area contributed by atoms with Gasteiger partial charge >= 0.3 is 0 Å². The molecule has 1 unspecified atom stereocenters. The molecule has 1 heterocycles. The number of imidazole rings is 1. The summed E-state index contributed by atoms with van der Waals surface area (Å²) in [6, 6.07) is 0.558. The van der Waals surface area contributed by atoms with Gasteiger partial charge in [-0.1, -0.05) is 13.8 Å². The van der Waals surface area contributed by atoms with Crippen LogP contribution in [0, 0.1) is 5.92 Å². The highest BCUT2D eigenvalue weighted by Crippen LogP contribution is 2.14. The van der Waals surface area contributed by atoms with Gasteiger partial charge in [0.05, 0.1) is 6.33 Å². The lowest BCUT2D eigenvalue weighted by atomic mass is 10.1. The lowest BCUT2D eigenvalue weighted by Crippen LogP contribution is -2.08. The fourth-order valence-corrected chi connectivity index (χ4v) is 0.855. The molecule has 0 saturated heterocycles. The molecule has 2 nitrogen and oxygen atoms in total. The minimum absolute atomic E-state index is 0. The molecule has 64 valence electrons. The van der Waals surface area contributed by atoms with Crippen LogP contribution in [-0.4, -0.2) is 9.55 Å². The second kappa shape index (κ2) is 4.39. The number of aromatic nitrogens is 2. The predicted molar refractivity (Wildman–Crippen MR) is 49.0 cm³/mol. The average Bonchev–Trinajstić information content (AvgIpc) is 2.36. The van der Waals surface area contributed by atoms with Gasteiger partial charge in [0.15, 0.2) is 0 Å². The molecule has 0 spiro atoms. The minimum Gasteiger partial charge on any atom is -0.334 e. The second-order valence-corrected chi connectivity index (χ2v) is 2.99. The standard InChI is InChI=1S/C8H14N2.ClH/c1-7(2)8(3)10-5-4-9-6-10;/h4-8H,1-3H3;1H. The monoisotopic (exact) mass is 174 g/mol. The van der Waals surface area contributed by atoms with Gasteiger partial charge in [-0.15, -0.1) is 12.4 Å². The molecule has 0 aliphatic heterocycles. The zero-order valence-corrected chi connectivity index (χ0v) is 8.01. The van der Waals surface area contributed by atoms with Crippen molar-refractivity contribution < 1.29 is 0 Å². The van der Waals surface area contributed by atoms with Gasteiger partial charge in [-0.3, -0.25) is 0 Å². The van der Waals surface area contributed by atoms with Crippen LogP contribution in [0.4, 0.5) is 0 Å². The van der Waals surface area contributed by atoms with Crippen molar-refractivity contribution in [1.29, 1.82) is 0 Å². The van der Waals surface area contributed by atoms with Crippen molar-refractivity contribution >= 4 is 12.4 Å². The maximum Gasteiger partial charge on any atom is 0.0948 e. The van der Waals surface area contributed by atoms with Gasteiger partial charge in [0.1, 0.15) is 0 Å². The molecule has 0 fully saturated rings. The number of halogens is 1. The Kier molecular flexibility index (Phi) is 4.19. The van der Waals surface area contributed by atoms with Gasteiger partial charge in [0.25, 0.3) is 0 Å². The Bertz CT molecular complexity index is 182. The Hall–Kier alpha value is -0.500. The molecule has 0 bridgehead atoms. The molecule has 1 atom stereocenters. The predicted octanol–water partition coefficient (Wildman–Crippen LogP) is 2.52. The molecule has 0 N–H and O–H groups in total. The third-order valence-corrected chi connectivity index (χ3v) is 1.96. The van der Waals surface area contributed by atoms with Crippen molar-refractivity contribution in [3.63, 3.8) is 0 Å². The molecule has 1 aromatic rings. The molecule has 0 saturated carbocycles. The van der Waals surface area contributed by atoms with Crippen molar-refractivity contribution in [3.05, 3.63) is 18.7 Å². The highest BCUT2D eigenvalue weighted by molar-refractivity contribution is 5.85. The highest BCUT2D eigenvalue weighted by atomic mass is 35.5. The Morgan fingerprint density at radius 3 is 2.27 bits per heavy atom. The zero-order chi connectivity index (χ0) is 7.56. The molecule has 11 heavy (non-hydrogen) atoms. The summed E-state index contributed by atoms with van der Waals surface area (Å²) in [5, 5.41) is 0. The van der Waals surface area contributed by atoms with E-state index in [1.165, 1.54) is 0 Å². The fraction of sp³-hybridized carbons (Fsp3) is 0.625. The van der Waals surface area contributed by atoms with Crippen molar-refractivity contribution in [2.24, 2.45) is 5.92 Å². The Morgan fingerprint density at radius 2 is 1.91 bits per heavy atom. The number of rotatable bonds is 2. The zero-order valence-electron chi connectivity index (χ0n) is 7.19. The van der Waals surface area contributed by atoms with E-state index in [9.17, 15) is 0 Å². The van der Waals surface area contributed by atoms with Crippen LogP contribution in [-0.2, 0) is 0 Å². The van der Waals surface area contributed by atoms with E-state index >= 15 is 0 Å². The number of hydrogen-bond acceptors (Lipinski definition) is 1. The Morgan fingerprint density at radius 1 is 1.27 bits per heavy atom. The second-order valence-electron chi connectivity index (χ2n) is 2.99. The third-order valence-electron chi connectivity index (χ3n) is 1.96. The SMILES string of the molecule is CC(C)C(C)n1ccnc1.Cl. The summed E-state index contributed by atoms with van der Waals surface area (Å²) in [7, 11) is 0. The molecule has 0 radical (unpaired) electrons. The van der Waals surface area contributed by atoms with E-state index in [1.54, 1.807) is 0 Å². The summed E-state index contributed by atoms with van der Waals surface area (Å²) in [6.07, 6.45) is 5.69. The normalized spacial score (nSPS) is 12.7. The van der Waals surface area contributed by atoms with Crippen LogP contribution in [0.1, 0.15) is 26.8 Å². The fourth-order valence-electron chi connectivity index (χ4n) is 0.855. The van der Waals surface area contributed by atoms with E-state index in [2.05, 4.69) is 30.3 Å². The van der Waals surface area contributed by atoms with Crippen LogP contribution >= 0.6 is 12.4 Å². The molecule has 0 aliphatic rings. The van der Waals surface area contributed by atoms with Gasteiger partial charge in [-0.05, 0) is 12.8 Å². The smallest absolute Gasteiger partial charge is 0.0948 e. The number of nitrogens with zero attached hydrogens (tertiary/aromatic N) is 2. The Labute approximate surface area is 74.0 Å². The molecular formula is C8H15ClN2. The van der Waals surface area contributed by atoms with Gasteiger partial charge in [-0.25, -0.2) is 4.98 Å². The largest absolute Gasteiger partial charge is 0.334 e. The van der Waals surface area contributed by atoms with E-state index in [0.29, 0.717) is 12.0 Å². The molecule has 3 heteroatoms. The highest BCUT2D eigenvalue weighted by Gasteiger charge is 2.06. The third kappa shape index (κ3) is 2.54. The minimum atomic E-state index is 0. The van der Waals surface area contributed by atoms with Gasteiger partial charge < -0.3 is 4.57 Å². The van der Waals surface area contributed by atoms with Crippen LogP contribution in [0.5, 0.6) is 0 Å². The summed E-state index contributed by atoms with van der Waals surface area (Å²) in [5.41, 5.74) is 0. The molecule has 0 amide bonds. The lowest BCUT2D eigenvalue weighted by Gasteiger charge is -2.16. The van der Waals surface area contributed by atoms with Crippen LogP contribution in [0.3, 0.4) is 0 Å². The van der Waals surface area contributed by atoms with E-state index < -0.39 is 0 Å². The molecule has 0 aromatic carbocycles. The van der Waals surface area contributed by atoms with Crippen molar-refractivity contribution in [1.82, 2.24) is 9.55 Å². The van der Waals surface area contributed by atoms with Crippen LogP contribution in [0.15, 0.2) is 18.7 Å². The van der Waals surface area contributed by atoms with Gasteiger partial charge in [0.2, 0.25) is 0 Å². The van der Waals surface area contributed by atoms with Crippen molar-refractivity contribution in [3.8, 4) is 0 Å². The van der Waals surface area contributed by atoms with Crippen LogP contribution in [0.25, 0.3) is 0 Å². The maximum atomic E-state index is 3.99. The van der Waals surface area contributed by atoms with Crippen LogP contribution in [0.2, 0.25) is 0 Å². The van der Waals surface area contributed by atoms with Crippen molar-refractivity contribution in [2.45, 2.75) is 26.8 Å². The molecule has 1 aromatic heterocycles. The summed E-state index contributed by atoms with van der Waals surface area (Å²) in [6.45, 7) is 6.63. The Balaban J connectivity index is 0.000001000. The van der Waals surface area contributed by atoms with Crippen LogP contribution < -0.4 is 0 Å². The van der Waals surface area contributed by atoms with E-state index in [4.69, 9.17) is 0 Å². The summed E-state index contributed by atoms with van der Waals surface area (Å²) in [5.74, 6) is 0.675. The van der Waals surface area contributed by atoms with Gasteiger partial charge in [-0.2, -0.15) is 0 Å². The number of hydrogen-bond donors (Lipinski definition) is 0. The van der Waals surface area contributed by atoms with E-state index in [-0.39, 0.29) is 12.4 Å². The topological polar surface area (TPSA) is 17.8 Å². The molecule has 0 aliphatic carbocycles. The van der Waals surface area contributed by atoms with Crippen molar-refractivity contribution in [2.75, 3.05) is 0 Å². The molecular weight excluding hydrogens is 160 g/mol. The quantitative estimate of drug-likeness (QED) is 0.674. The summed E-state index contributed by atoms with van der Waals surface area (Å²) >= 11 is 0. The first kappa shape index (κ1) is 10.5. The first-order chi connectivity index (χ1) is 4.72. The van der Waals surface area contributed by atoms with Gasteiger partial charge in [0, 0.05) is 18.4 Å². The molecule has 1 rings (SSSR count). The van der Waals surface area contributed by atoms with E-state index in [1.807, 2.05) is 18.7 Å². The first-order valence-electron chi connectivity index (χ1n) is 3.69. The lowest BCUT2D eigenvalue weighted by molar-refractivity contribution is 0.408. The van der Waals surface area contributed by atoms with E-state index in [0.717, 1.165) is 0 Å². The maximum absolute atomic E-state index is 3.99. The first-order valence-corrected chi connectivity index (χ1v) is 3.69. The summed E-state index contributed by atoms with van der Waals surface area (Å²) in [4.78, 5) is 3.99.